The largest absolute Gasteiger partial charge is 0.311 e. The highest BCUT2D eigenvalue weighted by atomic mass is 16.2. The van der Waals surface area contributed by atoms with Crippen molar-refractivity contribution in [2.24, 2.45) is 5.41 Å². The van der Waals surface area contributed by atoms with Crippen molar-refractivity contribution in [3.63, 3.8) is 0 Å². The van der Waals surface area contributed by atoms with Crippen LogP contribution in [0.4, 0.5) is 5.69 Å². The quantitative estimate of drug-likeness (QED) is 0.729. The number of carbonyl (C=O) groups excluding carboxylic acids is 2. The molecular formula is C22H27NO2. The number of amides is 1. The fourth-order valence-electron chi connectivity index (χ4n) is 3.16. The first-order valence-corrected chi connectivity index (χ1v) is 8.53. The number of ketones is 1. The SMILES string of the molecule is Cc1cc(C)c(C(=O)N(C)c2ccccc2C(=O)C(C)(C)C)c(C)c1. The summed E-state index contributed by atoms with van der Waals surface area (Å²) in [5.74, 6) is -0.0655. The Labute approximate surface area is 150 Å². The molecule has 0 aliphatic rings. The van der Waals surface area contributed by atoms with Gasteiger partial charge in [-0.2, -0.15) is 0 Å². The summed E-state index contributed by atoms with van der Waals surface area (Å²) in [6, 6.07) is 11.3. The molecule has 0 spiro atoms. The lowest BCUT2D eigenvalue weighted by atomic mass is 9.85. The average molecular weight is 337 g/mol. The van der Waals surface area contributed by atoms with E-state index in [1.807, 2.05) is 71.9 Å². The van der Waals surface area contributed by atoms with Crippen molar-refractivity contribution in [1.82, 2.24) is 0 Å². The summed E-state index contributed by atoms with van der Waals surface area (Å²) in [6.45, 7) is 11.6. The van der Waals surface area contributed by atoms with Crippen LogP contribution in [0.15, 0.2) is 36.4 Å². The van der Waals surface area contributed by atoms with Crippen LogP contribution in [0.3, 0.4) is 0 Å². The second kappa shape index (κ2) is 6.83. The van der Waals surface area contributed by atoms with Crippen molar-refractivity contribution < 1.29 is 9.59 Å². The van der Waals surface area contributed by atoms with Crippen molar-refractivity contribution in [2.45, 2.75) is 41.5 Å². The Balaban J connectivity index is 2.51. The third-order valence-electron chi connectivity index (χ3n) is 4.39. The molecule has 0 saturated heterocycles. The van der Waals surface area contributed by atoms with E-state index >= 15 is 0 Å². The normalized spacial score (nSPS) is 11.3. The lowest BCUT2D eigenvalue weighted by Gasteiger charge is -2.25. The molecule has 0 bridgehead atoms. The zero-order chi connectivity index (χ0) is 18.9. The Morgan fingerprint density at radius 3 is 1.96 bits per heavy atom. The van der Waals surface area contributed by atoms with Gasteiger partial charge in [-0.05, 0) is 44.0 Å². The molecular weight excluding hydrogens is 310 g/mol. The standard InChI is InChI=1S/C22H27NO2/c1-14-12-15(2)19(16(3)13-14)21(25)23(7)18-11-9-8-10-17(18)20(24)22(4,5)6/h8-13H,1-7H3. The highest BCUT2D eigenvalue weighted by Gasteiger charge is 2.28. The van der Waals surface area contributed by atoms with E-state index < -0.39 is 5.41 Å². The van der Waals surface area contributed by atoms with Gasteiger partial charge in [0.15, 0.2) is 5.78 Å². The predicted molar refractivity (Wildman–Crippen MR) is 104 cm³/mol. The topological polar surface area (TPSA) is 37.4 Å². The van der Waals surface area contributed by atoms with Crippen LogP contribution in [-0.4, -0.2) is 18.7 Å². The molecule has 2 aromatic carbocycles. The van der Waals surface area contributed by atoms with Gasteiger partial charge in [-0.1, -0.05) is 50.6 Å². The number of rotatable bonds is 3. The maximum atomic E-state index is 13.1. The summed E-state index contributed by atoms with van der Waals surface area (Å²) in [6.07, 6.45) is 0. The van der Waals surface area contributed by atoms with E-state index in [2.05, 4.69) is 0 Å². The predicted octanol–water partition coefficient (Wildman–Crippen LogP) is 5.12. The van der Waals surface area contributed by atoms with Crippen LogP contribution >= 0.6 is 0 Å². The molecule has 0 heterocycles. The second-order valence-electron chi connectivity index (χ2n) is 7.73. The highest BCUT2D eigenvalue weighted by Crippen LogP contribution is 2.29. The Bertz CT molecular complexity index is 805. The fraction of sp³-hybridized carbons (Fsp3) is 0.364. The van der Waals surface area contributed by atoms with Crippen molar-refractivity contribution in [1.29, 1.82) is 0 Å². The molecule has 25 heavy (non-hydrogen) atoms. The molecule has 2 rings (SSSR count). The van der Waals surface area contributed by atoms with Crippen molar-refractivity contribution >= 4 is 17.4 Å². The number of aryl methyl sites for hydroxylation is 3. The number of benzene rings is 2. The Morgan fingerprint density at radius 1 is 0.920 bits per heavy atom. The average Bonchev–Trinajstić information content (AvgIpc) is 2.51. The molecule has 0 atom stereocenters. The maximum Gasteiger partial charge on any atom is 0.258 e. The highest BCUT2D eigenvalue weighted by molar-refractivity contribution is 6.12. The zero-order valence-electron chi connectivity index (χ0n) is 16.2. The lowest BCUT2D eigenvalue weighted by molar-refractivity contribution is 0.0859. The minimum Gasteiger partial charge on any atom is -0.311 e. The van der Waals surface area contributed by atoms with Gasteiger partial charge in [0.1, 0.15) is 0 Å². The van der Waals surface area contributed by atoms with Gasteiger partial charge in [0.2, 0.25) is 0 Å². The van der Waals surface area contributed by atoms with Crippen LogP contribution < -0.4 is 4.90 Å². The van der Waals surface area contributed by atoms with E-state index in [9.17, 15) is 9.59 Å². The first kappa shape index (κ1) is 18.9. The molecule has 0 aromatic heterocycles. The van der Waals surface area contributed by atoms with E-state index in [-0.39, 0.29) is 11.7 Å². The van der Waals surface area contributed by atoms with Crippen LogP contribution in [0.25, 0.3) is 0 Å². The van der Waals surface area contributed by atoms with Gasteiger partial charge in [-0.15, -0.1) is 0 Å². The second-order valence-corrected chi connectivity index (χ2v) is 7.73. The molecule has 0 fully saturated rings. The third kappa shape index (κ3) is 3.81. The van der Waals surface area contributed by atoms with E-state index in [0.29, 0.717) is 16.8 Å². The van der Waals surface area contributed by atoms with Crippen LogP contribution in [0.1, 0.15) is 58.2 Å². The van der Waals surface area contributed by atoms with E-state index in [1.165, 1.54) is 0 Å². The molecule has 0 aliphatic carbocycles. The fourth-order valence-corrected chi connectivity index (χ4v) is 3.16. The molecule has 3 heteroatoms. The first-order valence-electron chi connectivity index (χ1n) is 8.53. The number of nitrogens with zero attached hydrogens (tertiary/aromatic N) is 1. The number of hydrogen-bond acceptors (Lipinski definition) is 2. The molecule has 0 saturated carbocycles. The summed E-state index contributed by atoms with van der Waals surface area (Å²) in [5, 5.41) is 0. The van der Waals surface area contributed by atoms with Crippen LogP contribution in [0, 0.1) is 26.2 Å². The number of hydrogen-bond donors (Lipinski definition) is 0. The van der Waals surface area contributed by atoms with E-state index in [0.717, 1.165) is 16.7 Å². The summed E-state index contributed by atoms with van der Waals surface area (Å²) >= 11 is 0. The molecule has 2 aromatic rings. The summed E-state index contributed by atoms with van der Waals surface area (Å²) < 4.78 is 0. The van der Waals surface area contributed by atoms with Gasteiger partial charge in [0, 0.05) is 23.6 Å². The number of anilines is 1. The Morgan fingerprint density at radius 2 is 1.44 bits per heavy atom. The van der Waals surface area contributed by atoms with Gasteiger partial charge in [0.25, 0.3) is 5.91 Å². The minimum absolute atomic E-state index is 0.0279. The smallest absolute Gasteiger partial charge is 0.258 e. The Hall–Kier alpha value is -2.42. The van der Waals surface area contributed by atoms with Crippen LogP contribution in [0.2, 0.25) is 0 Å². The molecule has 0 unspecified atom stereocenters. The van der Waals surface area contributed by atoms with Crippen LogP contribution in [0.5, 0.6) is 0 Å². The summed E-state index contributed by atoms with van der Waals surface area (Å²) in [7, 11) is 1.73. The van der Waals surface area contributed by atoms with E-state index in [4.69, 9.17) is 0 Å². The van der Waals surface area contributed by atoms with Gasteiger partial charge >= 0.3 is 0 Å². The lowest BCUT2D eigenvalue weighted by Crippen LogP contribution is -2.31. The van der Waals surface area contributed by atoms with E-state index in [1.54, 1.807) is 18.0 Å². The molecule has 0 aliphatic heterocycles. The van der Waals surface area contributed by atoms with Gasteiger partial charge < -0.3 is 4.90 Å². The van der Waals surface area contributed by atoms with Gasteiger partial charge in [-0.25, -0.2) is 0 Å². The van der Waals surface area contributed by atoms with Gasteiger partial charge in [-0.3, -0.25) is 9.59 Å². The monoisotopic (exact) mass is 337 g/mol. The third-order valence-corrected chi connectivity index (χ3v) is 4.39. The minimum atomic E-state index is -0.504. The molecule has 0 radical (unpaired) electrons. The van der Waals surface area contributed by atoms with Crippen molar-refractivity contribution in [2.75, 3.05) is 11.9 Å². The zero-order valence-corrected chi connectivity index (χ0v) is 16.2. The number of para-hydroxylation sites is 1. The van der Waals surface area contributed by atoms with Crippen molar-refractivity contribution in [3.8, 4) is 0 Å². The number of Topliss-reactive ketones (excluding diaryl/α,β-unsaturated/α-hetero) is 1. The molecule has 0 N–H and O–H groups in total. The number of carbonyl (C=O) groups is 2. The molecule has 1 amide bonds. The van der Waals surface area contributed by atoms with Gasteiger partial charge in [0.05, 0.1) is 5.69 Å². The molecule has 3 nitrogen and oxygen atoms in total. The Kier molecular flexibility index (Phi) is 5.17. The van der Waals surface area contributed by atoms with Crippen molar-refractivity contribution in [3.05, 3.63) is 64.2 Å². The first-order chi connectivity index (χ1) is 11.5. The van der Waals surface area contributed by atoms with Crippen LogP contribution in [-0.2, 0) is 0 Å². The maximum absolute atomic E-state index is 13.1. The summed E-state index contributed by atoms with van der Waals surface area (Å²) in [5.41, 5.74) is 4.46. The molecule has 132 valence electrons. The summed E-state index contributed by atoms with van der Waals surface area (Å²) in [4.78, 5) is 27.5.